The van der Waals surface area contributed by atoms with Crippen LogP contribution in [0.5, 0.6) is 0 Å². The summed E-state index contributed by atoms with van der Waals surface area (Å²) in [5.74, 6) is 1.08. The third-order valence-corrected chi connectivity index (χ3v) is 2.70. The van der Waals surface area contributed by atoms with Crippen LogP contribution in [0.15, 0.2) is 0 Å². The molecular weight excluding hydrogens is 140 g/mol. The molecule has 2 fully saturated rings. The molecule has 2 aliphatic rings. The summed E-state index contributed by atoms with van der Waals surface area (Å²) >= 11 is 0. The maximum absolute atomic E-state index is 10.5. The zero-order valence-electron chi connectivity index (χ0n) is 6.66. The van der Waals surface area contributed by atoms with Gasteiger partial charge < -0.3 is 9.53 Å². The number of aldehydes is 1. The van der Waals surface area contributed by atoms with Crippen LogP contribution in [0.1, 0.15) is 25.7 Å². The summed E-state index contributed by atoms with van der Waals surface area (Å²) in [7, 11) is 0. The fourth-order valence-corrected chi connectivity index (χ4v) is 1.78. The molecule has 2 nitrogen and oxygen atoms in total. The van der Waals surface area contributed by atoms with Gasteiger partial charge in [0.15, 0.2) is 0 Å². The topological polar surface area (TPSA) is 26.3 Å². The Morgan fingerprint density at radius 1 is 1.27 bits per heavy atom. The smallest absolute Gasteiger partial charge is 0.123 e. The third kappa shape index (κ3) is 1.62. The molecule has 1 heterocycles. The highest BCUT2D eigenvalue weighted by Crippen LogP contribution is 2.38. The van der Waals surface area contributed by atoms with Gasteiger partial charge in [-0.1, -0.05) is 0 Å². The fourth-order valence-electron chi connectivity index (χ4n) is 1.78. The first-order valence-electron chi connectivity index (χ1n) is 4.47. The molecule has 0 aromatic heterocycles. The van der Waals surface area contributed by atoms with E-state index in [0.717, 1.165) is 31.7 Å². The van der Waals surface area contributed by atoms with Crippen molar-refractivity contribution in [2.24, 2.45) is 11.8 Å². The van der Waals surface area contributed by atoms with Gasteiger partial charge in [-0.3, -0.25) is 0 Å². The summed E-state index contributed by atoms with van der Waals surface area (Å²) < 4.78 is 5.58. The highest BCUT2D eigenvalue weighted by molar-refractivity contribution is 5.53. The van der Waals surface area contributed by atoms with Crippen LogP contribution in [0.3, 0.4) is 0 Å². The number of carbonyl (C=O) groups is 1. The predicted molar refractivity (Wildman–Crippen MR) is 41.3 cm³/mol. The molecule has 0 aromatic rings. The molecule has 1 saturated heterocycles. The first kappa shape index (κ1) is 7.29. The highest BCUT2D eigenvalue weighted by atomic mass is 16.5. The van der Waals surface area contributed by atoms with Gasteiger partial charge in [-0.25, -0.2) is 0 Å². The molecule has 2 atom stereocenters. The number of hydrogen-bond acceptors (Lipinski definition) is 2. The predicted octanol–water partition coefficient (Wildman–Crippen LogP) is 1.39. The molecule has 2 rings (SSSR count). The number of hydrogen-bond donors (Lipinski definition) is 0. The molecule has 1 aliphatic heterocycles. The van der Waals surface area contributed by atoms with Crippen LogP contribution in [-0.2, 0) is 9.53 Å². The summed E-state index contributed by atoms with van der Waals surface area (Å²) in [4.78, 5) is 10.5. The lowest BCUT2D eigenvalue weighted by atomic mass is 9.95. The molecule has 0 aromatic carbocycles. The normalized spacial score (nSPS) is 38.5. The lowest BCUT2D eigenvalue weighted by molar-refractivity contribution is -0.116. The van der Waals surface area contributed by atoms with E-state index >= 15 is 0 Å². The minimum absolute atomic E-state index is 0.286. The Morgan fingerprint density at radius 2 is 2.09 bits per heavy atom. The molecule has 0 radical (unpaired) electrons. The standard InChI is InChI=1S/C9H14O2/c10-6-7-3-4-11-9(5-7)8-1-2-8/h6-9H,1-5H2/t7?,9-/m1/s1. The Balaban J connectivity index is 1.86. The van der Waals surface area contributed by atoms with E-state index in [1.807, 2.05) is 0 Å². The molecule has 1 unspecified atom stereocenters. The van der Waals surface area contributed by atoms with Gasteiger partial charge in [0.05, 0.1) is 6.10 Å². The first-order chi connectivity index (χ1) is 5.40. The highest BCUT2D eigenvalue weighted by Gasteiger charge is 2.35. The van der Waals surface area contributed by atoms with Crippen LogP contribution in [0.4, 0.5) is 0 Å². The van der Waals surface area contributed by atoms with Gasteiger partial charge in [0.1, 0.15) is 6.29 Å². The first-order valence-corrected chi connectivity index (χ1v) is 4.47. The number of rotatable bonds is 2. The van der Waals surface area contributed by atoms with E-state index in [9.17, 15) is 4.79 Å². The third-order valence-electron chi connectivity index (χ3n) is 2.70. The van der Waals surface area contributed by atoms with Crippen molar-refractivity contribution in [1.29, 1.82) is 0 Å². The van der Waals surface area contributed by atoms with Crippen molar-refractivity contribution >= 4 is 6.29 Å². The van der Waals surface area contributed by atoms with E-state index < -0.39 is 0 Å². The van der Waals surface area contributed by atoms with Crippen molar-refractivity contribution in [3.05, 3.63) is 0 Å². The quantitative estimate of drug-likeness (QED) is 0.562. The maximum atomic E-state index is 10.5. The lowest BCUT2D eigenvalue weighted by Gasteiger charge is -2.26. The average Bonchev–Trinajstić information content (AvgIpc) is 2.87. The van der Waals surface area contributed by atoms with Crippen LogP contribution in [0.25, 0.3) is 0 Å². The Labute approximate surface area is 66.9 Å². The zero-order chi connectivity index (χ0) is 7.68. The SMILES string of the molecule is O=CC1CCO[C@@H](C2CC2)C1. The van der Waals surface area contributed by atoms with E-state index in [-0.39, 0.29) is 5.92 Å². The molecule has 2 heteroatoms. The second-order valence-electron chi connectivity index (χ2n) is 3.67. The van der Waals surface area contributed by atoms with Crippen LogP contribution < -0.4 is 0 Å². The van der Waals surface area contributed by atoms with E-state index in [1.165, 1.54) is 12.8 Å². The largest absolute Gasteiger partial charge is 0.378 e. The van der Waals surface area contributed by atoms with E-state index in [4.69, 9.17) is 4.74 Å². The van der Waals surface area contributed by atoms with Gasteiger partial charge in [0, 0.05) is 12.5 Å². The minimum atomic E-state index is 0.286. The summed E-state index contributed by atoms with van der Waals surface area (Å²) in [5, 5.41) is 0. The van der Waals surface area contributed by atoms with Crippen molar-refractivity contribution in [3.8, 4) is 0 Å². The lowest BCUT2D eigenvalue weighted by Crippen LogP contribution is -2.27. The van der Waals surface area contributed by atoms with Crippen molar-refractivity contribution in [2.75, 3.05) is 6.61 Å². The van der Waals surface area contributed by atoms with Crippen molar-refractivity contribution in [1.82, 2.24) is 0 Å². The van der Waals surface area contributed by atoms with Crippen LogP contribution in [0, 0.1) is 11.8 Å². The van der Waals surface area contributed by atoms with Gasteiger partial charge >= 0.3 is 0 Å². The van der Waals surface area contributed by atoms with Crippen molar-refractivity contribution in [3.63, 3.8) is 0 Å². The minimum Gasteiger partial charge on any atom is -0.378 e. The van der Waals surface area contributed by atoms with Crippen molar-refractivity contribution in [2.45, 2.75) is 31.8 Å². The monoisotopic (exact) mass is 154 g/mol. The second kappa shape index (κ2) is 2.94. The molecule has 62 valence electrons. The van der Waals surface area contributed by atoms with Crippen molar-refractivity contribution < 1.29 is 9.53 Å². The summed E-state index contributed by atoms with van der Waals surface area (Å²) in [6.45, 7) is 0.796. The van der Waals surface area contributed by atoms with Gasteiger partial charge in [0.25, 0.3) is 0 Å². The molecule has 0 N–H and O–H groups in total. The Morgan fingerprint density at radius 3 is 2.73 bits per heavy atom. The molecule has 1 aliphatic carbocycles. The Hall–Kier alpha value is -0.370. The second-order valence-corrected chi connectivity index (χ2v) is 3.67. The van der Waals surface area contributed by atoms with Crippen LogP contribution >= 0.6 is 0 Å². The molecular formula is C9H14O2. The zero-order valence-corrected chi connectivity index (χ0v) is 6.66. The molecule has 0 amide bonds. The fraction of sp³-hybridized carbons (Fsp3) is 0.889. The number of carbonyl (C=O) groups excluding carboxylic acids is 1. The van der Waals surface area contributed by atoms with E-state index in [0.29, 0.717) is 6.10 Å². The molecule has 11 heavy (non-hydrogen) atoms. The van der Waals surface area contributed by atoms with Gasteiger partial charge in [-0.15, -0.1) is 0 Å². The van der Waals surface area contributed by atoms with Crippen LogP contribution in [-0.4, -0.2) is 19.0 Å². The average molecular weight is 154 g/mol. The Kier molecular flexibility index (Phi) is 1.95. The molecule has 0 bridgehead atoms. The van der Waals surface area contributed by atoms with E-state index in [1.54, 1.807) is 0 Å². The summed E-state index contributed by atoms with van der Waals surface area (Å²) in [6.07, 6.45) is 6.06. The Bertz CT molecular complexity index is 152. The summed E-state index contributed by atoms with van der Waals surface area (Å²) in [6, 6.07) is 0. The molecule has 0 spiro atoms. The van der Waals surface area contributed by atoms with E-state index in [2.05, 4.69) is 0 Å². The summed E-state index contributed by atoms with van der Waals surface area (Å²) in [5.41, 5.74) is 0. The van der Waals surface area contributed by atoms with Crippen LogP contribution in [0.2, 0.25) is 0 Å². The van der Waals surface area contributed by atoms with Gasteiger partial charge in [-0.2, -0.15) is 0 Å². The number of ether oxygens (including phenoxy) is 1. The maximum Gasteiger partial charge on any atom is 0.123 e. The molecule has 1 saturated carbocycles. The van der Waals surface area contributed by atoms with Gasteiger partial charge in [0.2, 0.25) is 0 Å². The van der Waals surface area contributed by atoms with Gasteiger partial charge in [-0.05, 0) is 31.6 Å².